The van der Waals surface area contributed by atoms with Crippen LogP contribution in [0.3, 0.4) is 0 Å². The summed E-state index contributed by atoms with van der Waals surface area (Å²) >= 11 is 0. The Balaban J connectivity index is 2.25. The minimum atomic E-state index is -0.158. The van der Waals surface area contributed by atoms with Crippen molar-refractivity contribution in [3.05, 3.63) is 34.5 Å². The number of nitrogens with zero attached hydrogens (tertiary/aromatic N) is 5. The van der Waals surface area contributed by atoms with Crippen molar-refractivity contribution < 1.29 is 4.52 Å². The van der Waals surface area contributed by atoms with Gasteiger partial charge in [0.25, 0.3) is 5.56 Å². The van der Waals surface area contributed by atoms with Crippen LogP contribution >= 0.6 is 0 Å². The van der Waals surface area contributed by atoms with Crippen LogP contribution in [0, 0.1) is 12.8 Å². The molecule has 2 aromatic rings. The lowest BCUT2D eigenvalue weighted by Crippen LogP contribution is -2.23. The van der Waals surface area contributed by atoms with Gasteiger partial charge >= 0.3 is 0 Å². The number of hydrogen-bond donors (Lipinski definition) is 0. The SMILES string of the molecule is CCC(C)/C=N\c1ncn(Cc2ncno2)c(=O)c1C. The molecule has 0 saturated carbocycles. The highest BCUT2D eigenvalue weighted by Gasteiger charge is 2.09. The van der Waals surface area contributed by atoms with E-state index in [1.54, 1.807) is 6.92 Å². The molecule has 0 fully saturated rings. The molecule has 0 aliphatic rings. The molecule has 0 spiro atoms. The van der Waals surface area contributed by atoms with Gasteiger partial charge in [-0.1, -0.05) is 19.0 Å². The Morgan fingerprint density at radius 3 is 2.95 bits per heavy atom. The molecule has 2 aromatic heterocycles. The lowest BCUT2D eigenvalue weighted by Gasteiger charge is -2.05. The van der Waals surface area contributed by atoms with E-state index in [-0.39, 0.29) is 12.1 Å². The summed E-state index contributed by atoms with van der Waals surface area (Å²) in [5.41, 5.74) is 0.348. The van der Waals surface area contributed by atoms with E-state index in [1.165, 1.54) is 17.2 Å². The smallest absolute Gasteiger partial charge is 0.258 e. The summed E-state index contributed by atoms with van der Waals surface area (Å²) in [6, 6.07) is 0. The normalized spacial score (nSPS) is 12.9. The third-order valence-corrected chi connectivity index (χ3v) is 3.04. The Hall–Kier alpha value is -2.31. The van der Waals surface area contributed by atoms with Gasteiger partial charge in [-0.05, 0) is 19.3 Å². The van der Waals surface area contributed by atoms with Crippen LogP contribution in [0.15, 0.2) is 27.0 Å². The molecule has 0 bridgehead atoms. The molecule has 2 rings (SSSR count). The van der Waals surface area contributed by atoms with E-state index in [0.29, 0.717) is 23.2 Å². The second-order valence-electron chi connectivity index (χ2n) is 4.62. The third-order valence-electron chi connectivity index (χ3n) is 3.04. The van der Waals surface area contributed by atoms with Crippen molar-refractivity contribution in [3.63, 3.8) is 0 Å². The van der Waals surface area contributed by atoms with Crippen molar-refractivity contribution in [3.8, 4) is 0 Å². The molecular weight excluding hydrogens is 258 g/mol. The van der Waals surface area contributed by atoms with Gasteiger partial charge in [0.15, 0.2) is 12.1 Å². The topological polar surface area (TPSA) is 86.2 Å². The maximum absolute atomic E-state index is 12.2. The van der Waals surface area contributed by atoms with Crippen LogP contribution in [0.1, 0.15) is 31.7 Å². The molecule has 0 aliphatic carbocycles. The van der Waals surface area contributed by atoms with E-state index in [0.717, 1.165) is 6.42 Å². The minimum Gasteiger partial charge on any atom is -0.338 e. The Kier molecular flexibility index (Phi) is 4.39. The molecule has 1 unspecified atom stereocenters. The molecule has 0 amide bonds. The summed E-state index contributed by atoms with van der Waals surface area (Å²) in [4.78, 5) is 24.5. The van der Waals surface area contributed by atoms with Gasteiger partial charge in [-0.3, -0.25) is 9.36 Å². The molecule has 7 heteroatoms. The van der Waals surface area contributed by atoms with E-state index < -0.39 is 0 Å². The van der Waals surface area contributed by atoms with E-state index >= 15 is 0 Å². The van der Waals surface area contributed by atoms with Gasteiger partial charge in [0.05, 0.1) is 5.56 Å². The van der Waals surface area contributed by atoms with E-state index in [4.69, 9.17) is 4.52 Å². The standard InChI is InChI=1S/C13H17N5O2/c1-4-9(2)5-14-12-10(3)13(19)18(8-16-12)6-11-15-7-17-20-11/h5,7-9H,4,6H2,1-3H3/b14-5-. The molecule has 7 nitrogen and oxygen atoms in total. The number of aromatic nitrogens is 4. The fourth-order valence-electron chi connectivity index (χ4n) is 1.54. The molecule has 1 atom stereocenters. The molecule has 20 heavy (non-hydrogen) atoms. The van der Waals surface area contributed by atoms with Crippen LogP contribution < -0.4 is 5.56 Å². The highest BCUT2D eigenvalue weighted by Crippen LogP contribution is 2.11. The monoisotopic (exact) mass is 275 g/mol. The first kappa shape index (κ1) is 14.1. The zero-order valence-electron chi connectivity index (χ0n) is 11.8. The Morgan fingerprint density at radius 2 is 2.30 bits per heavy atom. The molecule has 0 N–H and O–H groups in total. The van der Waals surface area contributed by atoms with Gasteiger partial charge in [0, 0.05) is 6.21 Å². The summed E-state index contributed by atoms with van der Waals surface area (Å²) in [7, 11) is 0. The van der Waals surface area contributed by atoms with Crippen molar-refractivity contribution >= 4 is 12.0 Å². The number of hydrogen-bond acceptors (Lipinski definition) is 6. The molecule has 0 aliphatic heterocycles. The second kappa shape index (κ2) is 6.23. The molecular formula is C13H17N5O2. The van der Waals surface area contributed by atoms with Gasteiger partial charge in [-0.15, -0.1) is 0 Å². The Morgan fingerprint density at radius 1 is 1.50 bits per heavy atom. The van der Waals surface area contributed by atoms with Gasteiger partial charge in [0.1, 0.15) is 12.9 Å². The van der Waals surface area contributed by atoms with Crippen LogP contribution in [0.25, 0.3) is 0 Å². The maximum atomic E-state index is 12.2. The first-order valence-corrected chi connectivity index (χ1v) is 6.47. The average Bonchev–Trinajstić information content (AvgIpc) is 2.95. The van der Waals surface area contributed by atoms with E-state index in [9.17, 15) is 4.79 Å². The molecule has 2 heterocycles. The summed E-state index contributed by atoms with van der Waals surface area (Å²) in [6.07, 6.45) is 5.56. The average molecular weight is 275 g/mol. The van der Waals surface area contributed by atoms with Crippen molar-refractivity contribution in [1.82, 2.24) is 19.7 Å². The molecule has 106 valence electrons. The summed E-state index contributed by atoms with van der Waals surface area (Å²) in [6.45, 7) is 6.07. The molecule has 0 radical (unpaired) electrons. The highest BCUT2D eigenvalue weighted by molar-refractivity contribution is 5.64. The van der Waals surface area contributed by atoms with Gasteiger partial charge in [-0.2, -0.15) is 4.98 Å². The van der Waals surface area contributed by atoms with Crippen molar-refractivity contribution in [2.75, 3.05) is 0 Å². The van der Waals surface area contributed by atoms with Gasteiger partial charge < -0.3 is 4.52 Å². The maximum Gasteiger partial charge on any atom is 0.258 e. The zero-order chi connectivity index (χ0) is 14.5. The second-order valence-corrected chi connectivity index (χ2v) is 4.62. The largest absolute Gasteiger partial charge is 0.338 e. The predicted octanol–water partition coefficient (Wildman–Crippen LogP) is 1.73. The third kappa shape index (κ3) is 3.17. The van der Waals surface area contributed by atoms with Crippen molar-refractivity contribution in [2.45, 2.75) is 33.7 Å². The van der Waals surface area contributed by atoms with Crippen LogP contribution in [-0.4, -0.2) is 25.9 Å². The molecule has 0 saturated heterocycles. The van der Waals surface area contributed by atoms with Crippen LogP contribution in [0.4, 0.5) is 5.82 Å². The van der Waals surface area contributed by atoms with Crippen LogP contribution in [0.2, 0.25) is 0 Å². The van der Waals surface area contributed by atoms with Gasteiger partial charge in [-0.25, -0.2) is 9.98 Å². The van der Waals surface area contributed by atoms with Crippen LogP contribution in [-0.2, 0) is 6.54 Å². The van der Waals surface area contributed by atoms with Gasteiger partial charge in [0.2, 0.25) is 5.89 Å². The summed E-state index contributed by atoms with van der Waals surface area (Å²) in [5.74, 6) is 1.18. The fraction of sp³-hybridized carbons (Fsp3) is 0.462. The first-order chi connectivity index (χ1) is 9.61. The molecule has 0 aromatic carbocycles. The van der Waals surface area contributed by atoms with Crippen LogP contribution in [0.5, 0.6) is 0 Å². The Bertz CT molecular complexity index is 645. The van der Waals surface area contributed by atoms with E-state index in [1.807, 2.05) is 6.21 Å². The summed E-state index contributed by atoms with van der Waals surface area (Å²) < 4.78 is 6.30. The highest BCUT2D eigenvalue weighted by atomic mass is 16.5. The fourth-order valence-corrected chi connectivity index (χ4v) is 1.54. The Labute approximate surface area is 116 Å². The minimum absolute atomic E-state index is 0.158. The van der Waals surface area contributed by atoms with Crippen molar-refractivity contribution in [1.29, 1.82) is 0 Å². The summed E-state index contributed by atoms with van der Waals surface area (Å²) in [5, 5.41) is 3.50. The number of rotatable bonds is 5. The predicted molar refractivity (Wildman–Crippen MR) is 74.2 cm³/mol. The lowest BCUT2D eigenvalue weighted by atomic mass is 10.1. The van der Waals surface area contributed by atoms with E-state index in [2.05, 4.69) is 34.0 Å². The lowest BCUT2D eigenvalue weighted by molar-refractivity contribution is 0.368. The van der Waals surface area contributed by atoms with Crippen molar-refractivity contribution in [2.24, 2.45) is 10.9 Å². The zero-order valence-corrected chi connectivity index (χ0v) is 11.8. The number of aliphatic imine (C=N–C) groups is 1. The first-order valence-electron chi connectivity index (χ1n) is 6.47. The quantitative estimate of drug-likeness (QED) is 0.776.